The summed E-state index contributed by atoms with van der Waals surface area (Å²) in [4.78, 5) is 5.62. The van der Waals surface area contributed by atoms with E-state index >= 15 is 0 Å². The minimum atomic E-state index is -2.51. The molecule has 0 radical (unpaired) electrons. The largest absolute Gasteiger partial charge is 0.493 e. The molecule has 0 spiro atoms. The number of hydrogen-bond acceptors (Lipinski definition) is 4. The molecule has 0 bridgehead atoms. The average molecular weight is 257 g/mol. The molecule has 4 nitrogen and oxygen atoms in total. The predicted octanol–water partition coefficient (Wildman–Crippen LogP) is 1.77. The molecule has 0 unspecified atom stereocenters. The van der Waals surface area contributed by atoms with Gasteiger partial charge in [0.1, 0.15) is 11.6 Å². The molecule has 1 fully saturated rings. The van der Waals surface area contributed by atoms with E-state index in [4.69, 9.17) is 10.5 Å². The number of likely N-dealkylation sites (tertiary alicyclic amines) is 1. The van der Waals surface area contributed by atoms with Gasteiger partial charge in [-0.15, -0.1) is 0 Å². The van der Waals surface area contributed by atoms with Crippen LogP contribution in [0.2, 0.25) is 0 Å². The molecule has 2 rings (SSSR count). The molecular formula is C12H17F2N3O. The number of ether oxygens (including phenoxy) is 1. The van der Waals surface area contributed by atoms with E-state index in [0.717, 1.165) is 6.42 Å². The number of anilines is 1. The van der Waals surface area contributed by atoms with Gasteiger partial charge in [-0.05, 0) is 12.5 Å². The molecule has 2 N–H and O–H groups in total. The monoisotopic (exact) mass is 257 g/mol. The third kappa shape index (κ3) is 3.80. The van der Waals surface area contributed by atoms with Crippen molar-refractivity contribution in [2.45, 2.75) is 18.8 Å². The van der Waals surface area contributed by atoms with Crippen LogP contribution in [-0.4, -0.2) is 42.0 Å². The van der Waals surface area contributed by atoms with Crippen molar-refractivity contribution in [2.75, 3.05) is 32.0 Å². The lowest BCUT2D eigenvalue weighted by Crippen LogP contribution is -2.27. The molecule has 18 heavy (non-hydrogen) atoms. The minimum Gasteiger partial charge on any atom is -0.493 e. The normalized spacial score (nSPS) is 19.0. The van der Waals surface area contributed by atoms with Crippen LogP contribution in [0.25, 0.3) is 0 Å². The van der Waals surface area contributed by atoms with Crippen LogP contribution in [0.15, 0.2) is 18.3 Å². The summed E-state index contributed by atoms with van der Waals surface area (Å²) in [6.45, 7) is 1.46. The van der Waals surface area contributed by atoms with Crippen LogP contribution in [0.3, 0.4) is 0 Å². The zero-order valence-electron chi connectivity index (χ0n) is 10.1. The van der Waals surface area contributed by atoms with Gasteiger partial charge in [-0.25, -0.2) is 13.8 Å². The molecule has 2 heterocycles. The number of halogens is 2. The van der Waals surface area contributed by atoms with Crippen molar-refractivity contribution in [3.8, 4) is 5.75 Å². The fraction of sp³-hybridized carbons (Fsp3) is 0.583. The Kier molecular flexibility index (Phi) is 3.96. The molecule has 1 aromatic rings. The highest BCUT2D eigenvalue weighted by molar-refractivity contribution is 5.35. The highest BCUT2D eigenvalue weighted by atomic mass is 19.3. The van der Waals surface area contributed by atoms with Gasteiger partial charge in [0.05, 0.1) is 13.2 Å². The predicted molar refractivity (Wildman–Crippen MR) is 64.8 cm³/mol. The van der Waals surface area contributed by atoms with Crippen LogP contribution >= 0.6 is 0 Å². The third-order valence-corrected chi connectivity index (χ3v) is 2.89. The number of alkyl halides is 2. The summed E-state index contributed by atoms with van der Waals surface area (Å²) in [5.74, 6) is -1.44. The Bertz CT molecular complexity index is 401. The molecule has 0 saturated carbocycles. The highest BCUT2D eigenvalue weighted by Crippen LogP contribution is 2.26. The van der Waals surface area contributed by atoms with Gasteiger partial charge in [0, 0.05) is 31.8 Å². The number of pyridine rings is 1. The molecule has 1 saturated heterocycles. The van der Waals surface area contributed by atoms with Crippen molar-refractivity contribution >= 4 is 5.82 Å². The second kappa shape index (κ2) is 5.48. The maximum Gasteiger partial charge on any atom is 0.261 e. The second-order valence-electron chi connectivity index (χ2n) is 4.50. The van der Waals surface area contributed by atoms with Crippen LogP contribution in [0.1, 0.15) is 12.8 Å². The Labute approximate surface area is 105 Å². The Morgan fingerprint density at radius 1 is 1.50 bits per heavy atom. The van der Waals surface area contributed by atoms with E-state index < -0.39 is 5.92 Å². The summed E-state index contributed by atoms with van der Waals surface area (Å²) in [5, 5.41) is 0. The third-order valence-electron chi connectivity index (χ3n) is 2.89. The average Bonchev–Trinajstić information content (AvgIpc) is 2.65. The number of nitrogens with two attached hydrogens (primary N) is 1. The molecule has 100 valence electrons. The highest BCUT2D eigenvalue weighted by Gasteiger charge is 2.37. The van der Waals surface area contributed by atoms with E-state index in [1.165, 1.54) is 0 Å². The molecular weight excluding hydrogens is 240 g/mol. The van der Waals surface area contributed by atoms with Gasteiger partial charge in [0.25, 0.3) is 5.92 Å². The van der Waals surface area contributed by atoms with Gasteiger partial charge in [0.2, 0.25) is 0 Å². The second-order valence-corrected chi connectivity index (χ2v) is 4.50. The first kappa shape index (κ1) is 13.0. The van der Waals surface area contributed by atoms with E-state index in [-0.39, 0.29) is 13.0 Å². The molecule has 6 heteroatoms. The maximum atomic E-state index is 12.9. The van der Waals surface area contributed by atoms with Crippen LogP contribution in [-0.2, 0) is 0 Å². The first-order valence-electron chi connectivity index (χ1n) is 6.00. The Hall–Kier alpha value is -1.43. The number of nitrogens with zero attached hydrogens (tertiary/aromatic N) is 2. The van der Waals surface area contributed by atoms with Crippen molar-refractivity contribution < 1.29 is 13.5 Å². The minimum absolute atomic E-state index is 0.0330. The van der Waals surface area contributed by atoms with E-state index in [0.29, 0.717) is 31.3 Å². The van der Waals surface area contributed by atoms with Crippen molar-refractivity contribution in [1.29, 1.82) is 0 Å². The first-order valence-corrected chi connectivity index (χ1v) is 6.00. The summed E-state index contributed by atoms with van der Waals surface area (Å²) >= 11 is 0. The maximum absolute atomic E-state index is 12.9. The zero-order valence-corrected chi connectivity index (χ0v) is 10.1. The van der Waals surface area contributed by atoms with Crippen LogP contribution in [0.4, 0.5) is 14.6 Å². The van der Waals surface area contributed by atoms with Crippen LogP contribution in [0.5, 0.6) is 5.75 Å². The molecule has 1 aromatic heterocycles. The zero-order chi connectivity index (χ0) is 13.0. The molecule has 1 aliphatic heterocycles. The van der Waals surface area contributed by atoms with Gasteiger partial charge in [-0.3, -0.25) is 4.90 Å². The lowest BCUT2D eigenvalue weighted by atomic mass is 10.3. The van der Waals surface area contributed by atoms with Crippen molar-refractivity contribution in [2.24, 2.45) is 0 Å². The quantitative estimate of drug-likeness (QED) is 0.817. The van der Waals surface area contributed by atoms with Gasteiger partial charge in [-0.1, -0.05) is 0 Å². The Morgan fingerprint density at radius 2 is 2.33 bits per heavy atom. The van der Waals surface area contributed by atoms with Crippen molar-refractivity contribution in [1.82, 2.24) is 9.88 Å². The van der Waals surface area contributed by atoms with Crippen molar-refractivity contribution in [3.05, 3.63) is 18.3 Å². The molecule has 0 aliphatic carbocycles. The summed E-state index contributed by atoms with van der Waals surface area (Å²) in [7, 11) is 0. The summed E-state index contributed by atoms with van der Waals surface area (Å²) < 4.78 is 31.3. The lowest BCUT2D eigenvalue weighted by molar-refractivity contribution is 0.0119. The van der Waals surface area contributed by atoms with Gasteiger partial charge in [-0.2, -0.15) is 0 Å². The molecule has 0 amide bonds. The first-order chi connectivity index (χ1) is 8.55. The fourth-order valence-corrected chi connectivity index (χ4v) is 1.99. The van der Waals surface area contributed by atoms with E-state index in [9.17, 15) is 8.78 Å². The Balaban J connectivity index is 1.65. The van der Waals surface area contributed by atoms with Crippen molar-refractivity contribution in [3.63, 3.8) is 0 Å². The van der Waals surface area contributed by atoms with Crippen LogP contribution in [0, 0.1) is 0 Å². The fourth-order valence-electron chi connectivity index (χ4n) is 1.99. The smallest absolute Gasteiger partial charge is 0.261 e. The molecule has 1 aliphatic rings. The summed E-state index contributed by atoms with van der Waals surface area (Å²) in [6, 6.07) is 3.37. The van der Waals surface area contributed by atoms with E-state index in [1.807, 2.05) is 0 Å². The molecule has 0 atom stereocenters. The van der Waals surface area contributed by atoms with Crippen LogP contribution < -0.4 is 10.5 Å². The summed E-state index contributed by atoms with van der Waals surface area (Å²) in [6.07, 6.45) is 2.26. The van der Waals surface area contributed by atoms with Gasteiger partial charge >= 0.3 is 0 Å². The van der Waals surface area contributed by atoms with E-state index in [1.54, 1.807) is 23.2 Å². The van der Waals surface area contributed by atoms with E-state index in [2.05, 4.69) is 4.98 Å². The number of aromatic nitrogens is 1. The standard InChI is InChI=1S/C12H17F2N3O/c13-12(14)3-6-17(9-12)5-1-7-18-10-2-4-16-11(15)8-10/h2,4,8H,1,3,5-7,9H2,(H2,15,16). The molecule has 0 aromatic carbocycles. The summed E-state index contributed by atoms with van der Waals surface area (Å²) in [5.41, 5.74) is 5.51. The van der Waals surface area contributed by atoms with Gasteiger partial charge in [0.15, 0.2) is 0 Å². The number of nitrogen functional groups attached to an aromatic ring is 1. The van der Waals surface area contributed by atoms with Gasteiger partial charge < -0.3 is 10.5 Å². The lowest BCUT2D eigenvalue weighted by Gasteiger charge is -2.15. The number of rotatable bonds is 5. The SMILES string of the molecule is Nc1cc(OCCCN2CCC(F)(F)C2)ccn1. The Morgan fingerprint density at radius 3 is 3.00 bits per heavy atom. The number of hydrogen-bond donors (Lipinski definition) is 1. The topological polar surface area (TPSA) is 51.4 Å².